The minimum Gasteiger partial charge on any atom is -0.407 e. The molecule has 1 N–H and O–H groups in total. The molecule has 20 heavy (non-hydrogen) atoms. The van der Waals surface area contributed by atoms with Crippen molar-refractivity contribution in [2.75, 3.05) is 13.6 Å². The Kier molecular flexibility index (Phi) is 2.74. The third kappa shape index (κ3) is 2.13. The van der Waals surface area contributed by atoms with Crippen molar-refractivity contribution in [2.24, 2.45) is 11.3 Å². The number of para-hydroxylation sites is 1. The molecule has 0 bridgehead atoms. The van der Waals surface area contributed by atoms with Crippen LogP contribution in [0.15, 0.2) is 27.4 Å². The Bertz CT molecular complexity index is 726. The first-order chi connectivity index (χ1) is 9.38. The summed E-state index contributed by atoms with van der Waals surface area (Å²) in [6.07, 6.45) is 1.15. The van der Waals surface area contributed by atoms with Gasteiger partial charge in [-0.3, -0.25) is 9.78 Å². The summed E-state index contributed by atoms with van der Waals surface area (Å²) < 4.78 is 5.07. The zero-order chi connectivity index (χ0) is 14.5. The number of rotatable bonds is 3. The zero-order valence-corrected chi connectivity index (χ0v) is 11.9. The largest absolute Gasteiger partial charge is 0.417 e. The molecule has 0 aliphatic heterocycles. The Balaban J connectivity index is 1.87. The van der Waals surface area contributed by atoms with E-state index < -0.39 is 5.76 Å². The SMILES string of the molecule is CN(CC1CC1(C)C)C(=O)c1cccc2[nH]c(=O)oc12. The summed E-state index contributed by atoms with van der Waals surface area (Å²) in [5.41, 5.74) is 1.66. The van der Waals surface area contributed by atoms with Crippen molar-refractivity contribution in [1.29, 1.82) is 0 Å². The van der Waals surface area contributed by atoms with E-state index in [-0.39, 0.29) is 5.91 Å². The average Bonchev–Trinajstić information content (AvgIpc) is 2.81. The normalized spacial score (nSPS) is 20.1. The molecule has 0 spiro atoms. The van der Waals surface area contributed by atoms with Crippen LogP contribution in [0.5, 0.6) is 0 Å². The lowest BCUT2D eigenvalue weighted by molar-refractivity contribution is 0.0785. The third-order valence-corrected chi connectivity index (χ3v) is 4.24. The highest BCUT2D eigenvalue weighted by atomic mass is 16.4. The third-order valence-electron chi connectivity index (χ3n) is 4.24. The van der Waals surface area contributed by atoms with Crippen LogP contribution >= 0.6 is 0 Å². The predicted molar refractivity (Wildman–Crippen MR) is 75.7 cm³/mol. The molecule has 1 amide bonds. The highest BCUT2D eigenvalue weighted by molar-refractivity contribution is 6.03. The lowest BCUT2D eigenvalue weighted by Crippen LogP contribution is -2.29. The van der Waals surface area contributed by atoms with Crippen molar-refractivity contribution in [3.63, 3.8) is 0 Å². The fourth-order valence-corrected chi connectivity index (χ4v) is 2.65. The fraction of sp³-hybridized carbons (Fsp3) is 0.467. The van der Waals surface area contributed by atoms with Gasteiger partial charge in [-0.2, -0.15) is 0 Å². The summed E-state index contributed by atoms with van der Waals surface area (Å²) in [6.45, 7) is 5.15. The number of aromatic amines is 1. The molecule has 2 aromatic rings. The minimum atomic E-state index is -0.536. The van der Waals surface area contributed by atoms with E-state index in [9.17, 15) is 9.59 Å². The number of nitrogens with one attached hydrogen (secondary N) is 1. The lowest BCUT2D eigenvalue weighted by Gasteiger charge is -2.18. The van der Waals surface area contributed by atoms with Gasteiger partial charge in [0, 0.05) is 13.6 Å². The van der Waals surface area contributed by atoms with Crippen molar-refractivity contribution in [2.45, 2.75) is 20.3 Å². The van der Waals surface area contributed by atoms with E-state index in [1.54, 1.807) is 30.1 Å². The second kappa shape index (κ2) is 4.23. The lowest BCUT2D eigenvalue weighted by atomic mass is 10.1. The van der Waals surface area contributed by atoms with E-state index in [2.05, 4.69) is 18.8 Å². The molecule has 1 saturated carbocycles. The Morgan fingerprint density at radius 2 is 2.20 bits per heavy atom. The number of nitrogens with zero attached hydrogens (tertiary/aromatic N) is 1. The second-order valence-electron chi connectivity index (χ2n) is 6.27. The van der Waals surface area contributed by atoms with Crippen LogP contribution < -0.4 is 5.76 Å². The van der Waals surface area contributed by atoms with Gasteiger partial charge >= 0.3 is 5.76 Å². The molecular formula is C15H18N2O3. The number of oxazole rings is 1. The maximum Gasteiger partial charge on any atom is 0.417 e. The standard InChI is InChI=1S/C15H18N2O3/c1-15(2)7-9(15)8-17(3)13(18)10-5-4-6-11-12(10)20-14(19)16-11/h4-6,9H,7-8H2,1-3H3,(H,16,19). The second-order valence-corrected chi connectivity index (χ2v) is 6.27. The average molecular weight is 274 g/mol. The van der Waals surface area contributed by atoms with Crippen molar-refractivity contribution < 1.29 is 9.21 Å². The van der Waals surface area contributed by atoms with Crippen LogP contribution in [0.1, 0.15) is 30.6 Å². The van der Waals surface area contributed by atoms with Gasteiger partial charge in [-0.15, -0.1) is 0 Å². The number of carbonyl (C=O) groups is 1. The van der Waals surface area contributed by atoms with E-state index >= 15 is 0 Å². The van der Waals surface area contributed by atoms with E-state index in [0.717, 1.165) is 13.0 Å². The van der Waals surface area contributed by atoms with Gasteiger partial charge in [-0.05, 0) is 29.9 Å². The first-order valence-corrected chi connectivity index (χ1v) is 6.76. The maximum absolute atomic E-state index is 12.5. The van der Waals surface area contributed by atoms with Crippen LogP contribution in [-0.4, -0.2) is 29.4 Å². The van der Waals surface area contributed by atoms with Crippen molar-refractivity contribution in [1.82, 2.24) is 9.88 Å². The molecule has 5 nitrogen and oxygen atoms in total. The van der Waals surface area contributed by atoms with E-state index in [1.807, 2.05) is 0 Å². The zero-order valence-electron chi connectivity index (χ0n) is 11.9. The van der Waals surface area contributed by atoms with Gasteiger partial charge in [0.1, 0.15) is 0 Å². The number of amides is 1. The van der Waals surface area contributed by atoms with Crippen LogP contribution in [0.2, 0.25) is 0 Å². The number of benzene rings is 1. The van der Waals surface area contributed by atoms with E-state index in [0.29, 0.717) is 28.0 Å². The van der Waals surface area contributed by atoms with Crippen molar-refractivity contribution in [3.8, 4) is 0 Å². The molecule has 1 aromatic carbocycles. The molecule has 5 heteroatoms. The molecule has 1 heterocycles. The molecule has 1 aromatic heterocycles. The van der Waals surface area contributed by atoms with E-state index in [4.69, 9.17) is 4.42 Å². The van der Waals surface area contributed by atoms with Crippen molar-refractivity contribution >= 4 is 17.0 Å². The molecule has 0 radical (unpaired) electrons. The fourth-order valence-electron chi connectivity index (χ4n) is 2.65. The Hall–Kier alpha value is -2.04. The van der Waals surface area contributed by atoms with Gasteiger partial charge in [-0.1, -0.05) is 19.9 Å². The number of carbonyl (C=O) groups excluding carboxylic acids is 1. The molecule has 3 rings (SSSR count). The number of hydrogen-bond donors (Lipinski definition) is 1. The summed E-state index contributed by atoms with van der Waals surface area (Å²) >= 11 is 0. The number of H-pyrrole nitrogens is 1. The smallest absolute Gasteiger partial charge is 0.407 e. The maximum atomic E-state index is 12.5. The Morgan fingerprint density at radius 1 is 1.50 bits per heavy atom. The molecule has 1 atom stereocenters. The number of aromatic nitrogens is 1. The molecule has 1 fully saturated rings. The topological polar surface area (TPSA) is 66.3 Å². The minimum absolute atomic E-state index is 0.110. The van der Waals surface area contributed by atoms with Crippen LogP contribution in [0, 0.1) is 11.3 Å². The molecule has 0 saturated heterocycles. The number of hydrogen-bond acceptors (Lipinski definition) is 3. The first kappa shape index (κ1) is 13.0. The van der Waals surface area contributed by atoms with Gasteiger partial charge in [0.25, 0.3) is 5.91 Å². The monoisotopic (exact) mass is 274 g/mol. The van der Waals surface area contributed by atoms with Gasteiger partial charge in [-0.25, -0.2) is 4.79 Å². The molecule has 1 aliphatic rings. The van der Waals surface area contributed by atoms with Crippen LogP contribution in [0.4, 0.5) is 0 Å². The molecule has 106 valence electrons. The van der Waals surface area contributed by atoms with Gasteiger partial charge < -0.3 is 9.32 Å². The number of fused-ring (bicyclic) bond motifs is 1. The van der Waals surface area contributed by atoms with Crippen LogP contribution in [0.3, 0.4) is 0 Å². The quantitative estimate of drug-likeness (QED) is 0.933. The first-order valence-electron chi connectivity index (χ1n) is 6.76. The summed E-state index contributed by atoms with van der Waals surface area (Å²) in [7, 11) is 1.79. The van der Waals surface area contributed by atoms with Crippen molar-refractivity contribution in [3.05, 3.63) is 34.3 Å². The van der Waals surface area contributed by atoms with Gasteiger partial charge in [0.2, 0.25) is 0 Å². The summed E-state index contributed by atoms with van der Waals surface area (Å²) in [4.78, 5) is 28.0. The molecular weight excluding hydrogens is 256 g/mol. The summed E-state index contributed by atoms with van der Waals surface area (Å²) in [5, 5.41) is 0. The van der Waals surface area contributed by atoms with Gasteiger partial charge in [0.05, 0.1) is 11.1 Å². The Labute approximate surface area is 116 Å². The van der Waals surface area contributed by atoms with Crippen LogP contribution in [0.25, 0.3) is 11.1 Å². The Morgan fingerprint density at radius 3 is 2.85 bits per heavy atom. The predicted octanol–water partition coefficient (Wildman–Crippen LogP) is 2.24. The van der Waals surface area contributed by atoms with Crippen LogP contribution in [-0.2, 0) is 0 Å². The summed E-state index contributed by atoms with van der Waals surface area (Å²) in [6, 6.07) is 5.16. The van der Waals surface area contributed by atoms with Gasteiger partial charge in [0.15, 0.2) is 5.58 Å². The summed E-state index contributed by atoms with van der Waals surface area (Å²) in [5.74, 6) is -0.0961. The highest BCUT2D eigenvalue weighted by Gasteiger charge is 2.46. The molecule has 1 aliphatic carbocycles. The highest BCUT2D eigenvalue weighted by Crippen LogP contribution is 2.51. The molecule has 1 unspecified atom stereocenters. The van der Waals surface area contributed by atoms with E-state index in [1.165, 1.54) is 0 Å².